The highest BCUT2D eigenvalue weighted by Gasteiger charge is 2.29. The number of aryl methyl sites for hydroxylation is 1. The quantitative estimate of drug-likeness (QED) is 0.780. The van der Waals surface area contributed by atoms with Crippen LogP contribution in [0.4, 0.5) is 0 Å². The van der Waals surface area contributed by atoms with Crippen molar-refractivity contribution in [1.29, 1.82) is 0 Å². The number of hydrogen-bond acceptors (Lipinski definition) is 2. The van der Waals surface area contributed by atoms with Crippen molar-refractivity contribution in [3.63, 3.8) is 0 Å². The van der Waals surface area contributed by atoms with Crippen LogP contribution in [-0.4, -0.2) is 14.8 Å². The zero-order valence-electron chi connectivity index (χ0n) is 12.1. The van der Waals surface area contributed by atoms with Gasteiger partial charge >= 0.3 is 0 Å². The van der Waals surface area contributed by atoms with Gasteiger partial charge in [-0.05, 0) is 36.8 Å². The van der Waals surface area contributed by atoms with E-state index in [9.17, 15) is 0 Å². The molecule has 0 spiro atoms. The lowest BCUT2D eigenvalue weighted by Gasteiger charge is -2.22. The number of nitrogens with zero attached hydrogens (tertiary/aromatic N) is 3. The van der Waals surface area contributed by atoms with Crippen molar-refractivity contribution < 1.29 is 0 Å². The first-order valence-electron chi connectivity index (χ1n) is 7.21. The molecule has 0 N–H and O–H groups in total. The molecule has 0 aromatic carbocycles. The van der Waals surface area contributed by atoms with Crippen LogP contribution in [0.2, 0.25) is 5.15 Å². The average molecular weight is 290 g/mol. The topological polar surface area (TPSA) is 30.7 Å². The Morgan fingerprint density at radius 3 is 2.80 bits per heavy atom. The molecule has 0 radical (unpaired) electrons. The lowest BCUT2D eigenvalue weighted by molar-refractivity contribution is 0.268. The van der Waals surface area contributed by atoms with Crippen LogP contribution in [0.25, 0.3) is 11.1 Å². The van der Waals surface area contributed by atoms with E-state index in [0.717, 1.165) is 23.2 Å². The van der Waals surface area contributed by atoms with E-state index in [0.29, 0.717) is 10.6 Å². The fourth-order valence-electron chi connectivity index (χ4n) is 3.12. The van der Waals surface area contributed by atoms with Gasteiger partial charge in [0.1, 0.15) is 5.15 Å². The Morgan fingerprint density at radius 2 is 2.05 bits per heavy atom. The molecule has 0 aliphatic heterocycles. The predicted molar refractivity (Wildman–Crippen MR) is 81.8 cm³/mol. The van der Waals surface area contributed by atoms with Crippen molar-refractivity contribution in [3.8, 4) is 11.1 Å². The summed E-state index contributed by atoms with van der Waals surface area (Å²) in [7, 11) is 0. The summed E-state index contributed by atoms with van der Waals surface area (Å²) in [6, 6.07) is 2.06. The summed E-state index contributed by atoms with van der Waals surface area (Å²) in [5.74, 6) is 0. The van der Waals surface area contributed by atoms with Crippen molar-refractivity contribution in [3.05, 3.63) is 35.4 Å². The van der Waals surface area contributed by atoms with Crippen LogP contribution in [0.15, 0.2) is 24.7 Å². The van der Waals surface area contributed by atoms with Gasteiger partial charge in [-0.1, -0.05) is 31.4 Å². The molecule has 0 atom stereocenters. The Morgan fingerprint density at radius 1 is 1.30 bits per heavy atom. The molecule has 106 valence electrons. The fourth-order valence-corrected chi connectivity index (χ4v) is 3.33. The van der Waals surface area contributed by atoms with Crippen LogP contribution in [0.1, 0.15) is 38.2 Å². The first kappa shape index (κ1) is 13.6. The maximum absolute atomic E-state index is 6.19. The second-order valence-electron chi connectivity index (χ2n) is 6.30. The molecular formula is C16H20ClN3. The highest BCUT2D eigenvalue weighted by Crippen LogP contribution is 2.39. The van der Waals surface area contributed by atoms with E-state index in [-0.39, 0.29) is 0 Å². The minimum atomic E-state index is 0.401. The average Bonchev–Trinajstić information content (AvgIpc) is 3.02. The molecule has 1 aliphatic rings. The predicted octanol–water partition coefficient (Wildman–Crippen LogP) is 4.49. The Hall–Kier alpha value is -1.35. The summed E-state index contributed by atoms with van der Waals surface area (Å²) in [5.41, 5.74) is 3.53. The van der Waals surface area contributed by atoms with E-state index in [1.807, 2.05) is 13.1 Å². The molecule has 0 saturated heterocycles. The second-order valence-corrected chi connectivity index (χ2v) is 6.65. The van der Waals surface area contributed by atoms with Gasteiger partial charge in [-0.3, -0.25) is 4.68 Å². The van der Waals surface area contributed by atoms with Gasteiger partial charge < -0.3 is 0 Å². The summed E-state index contributed by atoms with van der Waals surface area (Å²) in [5, 5.41) is 5.05. The lowest BCUT2D eigenvalue weighted by atomic mass is 9.89. The minimum absolute atomic E-state index is 0.401. The molecule has 20 heavy (non-hydrogen) atoms. The van der Waals surface area contributed by atoms with E-state index in [1.54, 1.807) is 6.20 Å². The molecule has 0 amide bonds. The SMILES string of the molecule is Cc1cnc(Cl)c(-c2cnn(CC3(C)CCCC3)c2)c1. The maximum atomic E-state index is 6.19. The zero-order valence-corrected chi connectivity index (χ0v) is 12.8. The van der Waals surface area contributed by atoms with Crippen LogP contribution in [-0.2, 0) is 6.54 Å². The van der Waals surface area contributed by atoms with Gasteiger partial charge in [0, 0.05) is 30.1 Å². The molecular weight excluding hydrogens is 270 g/mol. The third kappa shape index (κ3) is 2.73. The summed E-state index contributed by atoms with van der Waals surface area (Å²) >= 11 is 6.19. The third-order valence-electron chi connectivity index (χ3n) is 4.27. The fraction of sp³-hybridized carbons (Fsp3) is 0.500. The standard InChI is InChI=1S/C16H20ClN3/c1-12-7-14(15(17)18-8-12)13-9-19-20(10-13)11-16(2)5-3-4-6-16/h7-10H,3-6,11H2,1-2H3. The number of aromatic nitrogens is 3. The summed E-state index contributed by atoms with van der Waals surface area (Å²) in [6.07, 6.45) is 11.1. The minimum Gasteiger partial charge on any atom is -0.272 e. The summed E-state index contributed by atoms with van der Waals surface area (Å²) < 4.78 is 2.05. The van der Waals surface area contributed by atoms with Gasteiger partial charge in [0.2, 0.25) is 0 Å². The first-order chi connectivity index (χ1) is 9.56. The van der Waals surface area contributed by atoms with Crippen LogP contribution >= 0.6 is 11.6 Å². The highest BCUT2D eigenvalue weighted by molar-refractivity contribution is 6.32. The second kappa shape index (κ2) is 5.21. The Balaban J connectivity index is 1.84. The van der Waals surface area contributed by atoms with Gasteiger partial charge in [-0.2, -0.15) is 5.10 Å². The molecule has 3 rings (SSSR count). The number of rotatable bonds is 3. The molecule has 2 aromatic rings. The molecule has 1 aliphatic carbocycles. The molecule has 4 heteroatoms. The third-order valence-corrected chi connectivity index (χ3v) is 4.58. The van der Waals surface area contributed by atoms with Gasteiger partial charge in [0.05, 0.1) is 6.20 Å². The Labute approximate surface area is 125 Å². The van der Waals surface area contributed by atoms with Crippen molar-refractivity contribution in [1.82, 2.24) is 14.8 Å². The van der Waals surface area contributed by atoms with Crippen molar-refractivity contribution >= 4 is 11.6 Å². The normalized spacial score (nSPS) is 17.6. The van der Waals surface area contributed by atoms with E-state index >= 15 is 0 Å². The number of hydrogen-bond donors (Lipinski definition) is 0. The lowest BCUT2D eigenvalue weighted by Crippen LogP contribution is -2.19. The van der Waals surface area contributed by atoms with E-state index < -0.39 is 0 Å². The van der Waals surface area contributed by atoms with Crippen LogP contribution in [0, 0.1) is 12.3 Å². The van der Waals surface area contributed by atoms with Gasteiger partial charge in [-0.25, -0.2) is 4.98 Å². The summed E-state index contributed by atoms with van der Waals surface area (Å²) in [6.45, 7) is 5.38. The molecule has 3 nitrogen and oxygen atoms in total. The van der Waals surface area contributed by atoms with Gasteiger partial charge in [0.25, 0.3) is 0 Å². The molecule has 2 aromatic heterocycles. The van der Waals surface area contributed by atoms with E-state index in [4.69, 9.17) is 11.6 Å². The molecule has 1 saturated carbocycles. The zero-order chi connectivity index (χ0) is 14.2. The van der Waals surface area contributed by atoms with E-state index in [2.05, 4.69) is 34.0 Å². The molecule has 0 unspecified atom stereocenters. The largest absolute Gasteiger partial charge is 0.272 e. The Bertz CT molecular complexity index is 612. The van der Waals surface area contributed by atoms with Gasteiger partial charge in [-0.15, -0.1) is 0 Å². The number of pyridine rings is 1. The smallest absolute Gasteiger partial charge is 0.136 e. The van der Waals surface area contributed by atoms with Crippen molar-refractivity contribution in [2.45, 2.75) is 46.1 Å². The first-order valence-corrected chi connectivity index (χ1v) is 7.59. The van der Waals surface area contributed by atoms with Crippen molar-refractivity contribution in [2.24, 2.45) is 5.41 Å². The van der Waals surface area contributed by atoms with Crippen molar-refractivity contribution in [2.75, 3.05) is 0 Å². The van der Waals surface area contributed by atoms with Crippen LogP contribution in [0.5, 0.6) is 0 Å². The van der Waals surface area contributed by atoms with Crippen LogP contribution in [0.3, 0.4) is 0 Å². The Kier molecular flexibility index (Phi) is 3.55. The molecule has 0 bridgehead atoms. The highest BCUT2D eigenvalue weighted by atomic mass is 35.5. The molecule has 2 heterocycles. The summed E-state index contributed by atoms with van der Waals surface area (Å²) in [4.78, 5) is 4.21. The van der Waals surface area contributed by atoms with Gasteiger partial charge in [0.15, 0.2) is 0 Å². The number of halogens is 1. The maximum Gasteiger partial charge on any atom is 0.136 e. The molecule has 1 fully saturated rings. The monoisotopic (exact) mass is 289 g/mol. The van der Waals surface area contributed by atoms with Crippen LogP contribution < -0.4 is 0 Å². The van der Waals surface area contributed by atoms with E-state index in [1.165, 1.54) is 25.7 Å².